The Morgan fingerprint density at radius 2 is 1.77 bits per heavy atom. The summed E-state index contributed by atoms with van der Waals surface area (Å²) in [5, 5.41) is 7.85. The van der Waals surface area contributed by atoms with Crippen LogP contribution in [0.1, 0.15) is 36.6 Å². The standard InChI is InChI=1S/C20H24FN3O2/c1-3-14-8-10-15(11-9-14)19(16-6-5-7-17(21)12-16)23-13-18(25)24-20(26)22-4-2/h5-12,19,23H,3-4,13H2,1-2H3,(H2,22,24,25,26). The molecule has 138 valence electrons. The molecular weight excluding hydrogens is 333 g/mol. The first-order chi connectivity index (χ1) is 12.5. The van der Waals surface area contributed by atoms with Gasteiger partial charge in [0, 0.05) is 6.54 Å². The van der Waals surface area contributed by atoms with E-state index in [1.165, 1.54) is 17.7 Å². The third kappa shape index (κ3) is 5.67. The number of urea groups is 1. The second-order valence-electron chi connectivity index (χ2n) is 5.87. The molecule has 0 bridgehead atoms. The van der Waals surface area contributed by atoms with Gasteiger partial charge >= 0.3 is 6.03 Å². The Balaban J connectivity index is 2.15. The topological polar surface area (TPSA) is 70.2 Å². The van der Waals surface area contributed by atoms with E-state index < -0.39 is 11.9 Å². The molecule has 1 unspecified atom stereocenters. The number of benzene rings is 2. The van der Waals surface area contributed by atoms with Gasteiger partial charge in [0.25, 0.3) is 0 Å². The Labute approximate surface area is 153 Å². The molecule has 0 saturated heterocycles. The Morgan fingerprint density at radius 3 is 2.38 bits per heavy atom. The fourth-order valence-corrected chi connectivity index (χ4v) is 2.63. The first-order valence-electron chi connectivity index (χ1n) is 8.68. The maximum atomic E-state index is 13.7. The SMILES string of the molecule is CCNC(=O)NC(=O)CNC(c1ccc(CC)cc1)c1cccc(F)c1. The third-order valence-corrected chi connectivity index (χ3v) is 3.96. The monoisotopic (exact) mass is 357 g/mol. The van der Waals surface area contributed by atoms with Crippen molar-refractivity contribution < 1.29 is 14.0 Å². The van der Waals surface area contributed by atoms with Crippen LogP contribution in [0, 0.1) is 5.82 Å². The first kappa shape index (κ1) is 19.6. The molecule has 5 nitrogen and oxygen atoms in total. The molecule has 0 heterocycles. The average molecular weight is 357 g/mol. The summed E-state index contributed by atoms with van der Waals surface area (Å²) < 4.78 is 13.7. The van der Waals surface area contributed by atoms with Crippen molar-refractivity contribution in [3.8, 4) is 0 Å². The Morgan fingerprint density at radius 1 is 1.04 bits per heavy atom. The molecule has 2 aromatic rings. The number of carbonyl (C=O) groups excluding carboxylic acids is 2. The van der Waals surface area contributed by atoms with Gasteiger partial charge in [0.2, 0.25) is 5.91 Å². The number of hydrogen-bond acceptors (Lipinski definition) is 3. The van der Waals surface area contributed by atoms with Crippen LogP contribution < -0.4 is 16.0 Å². The van der Waals surface area contributed by atoms with E-state index in [2.05, 4.69) is 22.9 Å². The van der Waals surface area contributed by atoms with Gasteiger partial charge in [-0.3, -0.25) is 15.4 Å². The molecule has 0 aliphatic rings. The molecule has 0 fully saturated rings. The molecule has 3 N–H and O–H groups in total. The van der Waals surface area contributed by atoms with Gasteiger partial charge < -0.3 is 5.32 Å². The summed E-state index contributed by atoms with van der Waals surface area (Å²) in [6.45, 7) is 4.20. The Bertz CT molecular complexity index is 747. The van der Waals surface area contributed by atoms with E-state index in [0.717, 1.165) is 12.0 Å². The molecule has 0 aliphatic heterocycles. The Kier molecular flexibility index (Phi) is 7.29. The van der Waals surface area contributed by atoms with Crippen LogP contribution in [0.3, 0.4) is 0 Å². The highest BCUT2D eigenvalue weighted by Crippen LogP contribution is 2.23. The first-order valence-corrected chi connectivity index (χ1v) is 8.68. The summed E-state index contributed by atoms with van der Waals surface area (Å²) in [7, 11) is 0. The van der Waals surface area contributed by atoms with Crippen LogP contribution >= 0.6 is 0 Å². The molecule has 0 aromatic heterocycles. The van der Waals surface area contributed by atoms with Gasteiger partial charge in [-0.05, 0) is 42.2 Å². The third-order valence-electron chi connectivity index (χ3n) is 3.96. The summed E-state index contributed by atoms with van der Waals surface area (Å²) in [4.78, 5) is 23.4. The van der Waals surface area contributed by atoms with Crippen molar-refractivity contribution in [3.05, 3.63) is 71.0 Å². The van der Waals surface area contributed by atoms with Crippen molar-refractivity contribution in [2.24, 2.45) is 0 Å². The molecule has 0 saturated carbocycles. The zero-order chi connectivity index (χ0) is 18.9. The van der Waals surface area contributed by atoms with Crippen molar-refractivity contribution in [1.29, 1.82) is 0 Å². The minimum Gasteiger partial charge on any atom is -0.338 e. The lowest BCUT2D eigenvalue weighted by molar-refractivity contribution is -0.119. The van der Waals surface area contributed by atoms with Crippen molar-refractivity contribution in [2.75, 3.05) is 13.1 Å². The maximum absolute atomic E-state index is 13.7. The number of imide groups is 1. The number of carbonyl (C=O) groups is 2. The van der Waals surface area contributed by atoms with E-state index >= 15 is 0 Å². The van der Waals surface area contributed by atoms with E-state index in [0.29, 0.717) is 12.1 Å². The molecule has 26 heavy (non-hydrogen) atoms. The van der Waals surface area contributed by atoms with Crippen LogP contribution in [0.4, 0.5) is 9.18 Å². The molecule has 0 spiro atoms. The summed E-state index contributed by atoms with van der Waals surface area (Å²) in [5.41, 5.74) is 2.82. The molecular formula is C20H24FN3O2. The normalized spacial score (nSPS) is 11.7. The molecule has 0 radical (unpaired) electrons. The van der Waals surface area contributed by atoms with Crippen molar-refractivity contribution >= 4 is 11.9 Å². The van der Waals surface area contributed by atoms with Crippen LogP contribution in [0.25, 0.3) is 0 Å². The van der Waals surface area contributed by atoms with Crippen molar-refractivity contribution in [3.63, 3.8) is 0 Å². The van der Waals surface area contributed by atoms with E-state index in [9.17, 15) is 14.0 Å². The lowest BCUT2D eigenvalue weighted by Gasteiger charge is -2.20. The van der Waals surface area contributed by atoms with E-state index in [-0.39, 0.29) is 18.4 Å². The summed E-state index contributed by atoms with van der Waals surface area (Å²) in [6.07, 6.45) is 0.924. The highest BCUT2D eigenvalue weighted by molar-refractivity contribution is 5.95. The fraction of sp³-hybridized carbons (Fsp3) is 0.300. The minimum atomic E-state index is -0.533. The zero-order valence-electron chi connectivity index (χ0n) is 15.0. The zero-order valence-corrected chi connectivity index (χ0v) is 15.0. The van der Waals surface area contributed by atoms with Crippen LogP contribution in [-0.2, 0) is 11.2 Å². The average Bonchev–Trinajstić information content (AvgIpc) is 2.62. The van der Waals surface area contributed by atoms with Gasteiger partial charge in [0.15, 0.2) is 0 Å². The van der Waals surface area contributed by atoms with Crippen LogP contribution in [0.2, 0.25) is 0 Å². The van der Waals surface area contributed by atoms with Crippen LogP contribution in [0.15, 0.2) is 48.5 Å². The van der Waals surface area contributed by atoms with E-state index in [1.807, 2.05) is 24.3 Å². The quantitative estimate of drug-likeness (QED) is 0.714. The molecule has 2 aromatic carbocycles. The van der Waals surface area contributed by atoms with Crippen LogP contribution in [0.5, 0.6) is 0 Å². The number of aryl methyl sites for hydroxylation is 1. The van der Waals surface area contributed by atoms with Gasteiger partial charge in [-0.1, -0.05) is 43.3 Å². The summed E-state index contributed by atoms with van der Waals surface area (Å²) >= 11 is 0. The second-order valence-corrected chi connectivity index (χ2v) is 5.87. The number of amides is 3. The van der Waals surface area contributed by atoms with Gasteiger partial charge in [0.05, 0.1) is 12.6 Å². The fourth-order valence-electron chi connectivity index (χ4n) is 2.63. The number of hydrogen-bond donors (Lipinski definition) is 3. The summed E-state index contributed by atoms with van der Waals surface area (Å²) in [6, 6.07) is 13.3. The van der Waals surface area contributed by atoms with Crippen molar-refractivity contribution in [1.82, 2.24) is 16.0 Å². The lowest BCUT2D eigenvalue weighted by Crippen LogP contribution is -2.44. The predicted octanol–water partition coefficient (Wildman–Crippen LogP) is 2.91. The van der Waals surface area contributed by atoms with E-state index in [1.54, 1.807) is 19.1 Å². The van der Waals surface area contributed by atoms with E-state index in [4.69, 9.17) is 0 Å². The molecule has 0 aliphatic carbocycles. The van der Waals surface area contributed by atoms with Gasteiger partial charge in [-0.25, -0.2) is 9.18 Å². The maximum Gasteiger partial charge on any atom is 0.321 e. The smallest absolute Gasteiger partial charge is 0.321 e. The molecule has 6 heteroatoms. The second kappa shape index (κ2) is 9.68. The van der Waals surface area contributed by atoms with Gasteiger partial charge in [0.1, 0.15) is 5.82 Å². The number of halogens is 1. The molecule has 2 rings (SSSR count). The lowest BCUT2D eigenvalue weighted by atomic mass is 9.97. The highest BCUT2D eigenvalue weighted by atomic mass is 19.1. The van der Waals surface area contributed by atoms with Crippen LogP contribution in [-0.4, -0.2) is 25.0 Å². The molecule has 3 amide bonds. The predicted molar refractivity (Wildman–Crippen MR) is 99.3 cm³/mol. The molecule has 1 atom stereocenters. The van der Waals surface area contributed by atoms with Gasteiger partial charge in [-0.2, -0.15) is 0 Å². The highest BCUT2D eigenvalue weighted by Gasteiger charge is 2.16. The summed E-state index contributed by atoms with van der Waals surface area (Å²) in [5.74, 6) is -0.797. The largest absolute Gasteiger partial charge is 0.338 e. The number of nitrogens with one attached hydrogen (secondary N) is 3. The Hall–Kier alpha value is -2.73. The minimum absolute atomic E-state index is 0.0756. The van der Waals surface area contributed by atoms with Gasteiger partial charge in [-0.15, -0.1) is 0 Å². The number of rotatable bonds is 7. The van der Waals surface area contributed by atoms with Crippen molar-refractivity contribution in [2.45, 2.75) is 26.3 Å².